The molecule has 4 aromatic rings. The number of amides is 1. The van der Waals surface area contributed by atoms with Crippen molar-refractivity contribution in [2.24, 2.45) is 0 Å². The monoisotopic (exact) mass is 432 g/mol. The van der Waals surface area contributed by atoms with Gasteiger partial charge in [0, 0.05) is 24.8 Å². The van der Waals surface area contributed by atoms with Crippen LogP contribution in [0.4, 0.5) is 0 Å². The third-order valence-electron chi connectivity index (χ3n) is 4.89. The second-order valence-corrected chi connectivity index (χ2v) is 7.03. The molecule has 0 fully saturated rings. The Kier molecular flexibility index (Phi) is 5.44. The summed E-state index contributed by atoms with van der Waals surface area (Å²) in [6, 6.07) is 18.5. The third kappa shape index (κ3) is 4.27. The van der Waals surface area contributed by atoms with Crippen LogP contribution in [0.2, 0.25) is 0 Å². The molecule has 1 amide bonds. The van der Waals surface area contributed by atoms with Crippen molar-refractivity contribution in [1.82, 2.24) is 20.0 Å². The fourth-order valence-electron chi connectivity index (χ4n) is 3.32. The van der Waals surface area contributed by atoms with Crippen molar-refractivity contribution < 1.29 is 23.5 Å². The highest BCUT2D eigenvalue weighted by atomic mass is 16.7. The zero-order valence-electron chi connectivity index (χ0n) is 17.1. The zero-order valence-corrected chi connectivity index (χ0v) is 17.1. The number of para-hydroxylation sites is 1. The van der Waals surface area contributed by atoms with Gasteiger partial charge < -0.3 is 28.6 Å². The number of carbonyl (C=O) groups excluding carboxylic acids is 1. The molecule has 1 aliphatic heterocycles. The van der Waals surface area contributed by atoms with Crippen molar-refractivity contribution >= 4 is 5.91 Å². The average Bonchev–Trinajstić information content (AvgIpc) is 3.58. The van der Waals surface area contributed by atoms with Crippen molar-refractivity contribution in [3.8, 4) is 40.2 Å². The molecule has 0 bridgehead atoms. The van der Waals surface area contributed by atoms with Crippen LogP contribution in [0.5, 0.6) is 17.2 Å². The molecular weight excluding hydrogens is 412 g/mol. The molecule has 0 aliphatic carbocycles. The second-order valence-electron chi connectivity index (χ2n) is 7.03. The summed E-state index contributed by atoms with van der Waals surface area (Å²) in [7, 11) is 0. The SMILES string of the molecule is O=C(COc1ccccc1)NCCn1cccc1-c1nc(-c2ccc3c(c2)OCO3)no1. The van der Waals surface area contributed by atoms with Crippen LogP contribution in [0.1, 0.15) is 0 Å². The first-order valence-corrected chi connectivity index (χ1v) is 10.1. The summed E-state index contributed by atoms with van der Waals surface area (Å²) in [6.07, 6.45) is 1.90. The number of nitrogens with one attached hydrogen (secondary N) is 1. The van der Waals surface area contributed by atoms with E-state index < -0.39 is 0 Å². The molecule has 9 heteroatoms. The number of fused-ring (bicyclic) bond motifs is 1. The predicted molar refractivity (Wildman–Crippen MR) is 114 cm³/mol. The van der Waals surface area contributed by atoms with E-state index in [1.54, 1.807) is 0 Å². The molecule has 0 saturated heterocycles. The smallest absolute Gasteiger partial charge is 0.274 e. The fraction of sp³-hybridized carbons (Fsp3) is 0.174. The lowest BCUT2D eigenvalue weighted by molar-refractivity contribution is -0.123. The van der Waals surface area contributed by atoms with Crippen molar-refractivity contribution in [2.45, 2.75) is 6.54 Å². The maximum absolute atomic E-state index is 12.0. The summed E-state index contributed by atoms with van der Waals surface area (Å²) in [5.74, 6) is 2.67. The number of hydrogen-bond donors (Lipinski definition) is 1. The first kappa shape index (κ1) is 19.7. The number of rotatable bonds is 8. The molecule has 1 aliphatic rings. The van der Waals surface area contributed by atoms with Gasteiger partial charge in [-0.05, 0) is 42.5 Å². The van der Waals surface area contributed by atoms with Crippen LogP contribution < -0.4 is 19.5 Å². The molecule has 5 rings (SSSR count). The summed E-state index contributed by atoms with van der Waals surface area (Å²) in [4.78, 5) is 16.5. The van der Waals surface area contributed by atoms with Crippen LogP contribution in [-0.4, -0.2) is 40.6 Å². The zero-order chi connectivity index (χ0) is 21.8. The number of aromatic nitrogens is 3. The highest BCUT2D eigenvalue weighted by Gasteiger charge is 2.18. The highest BCUT2D eigenvalue weighted by molar-refractivity contribution is 5.77. The Morgan fingerprint density at radius 1 is 1.06 bits per heavy atom. The summed E-state index contributed by atoms with van der Waals surface area (Å²) in [6.45, 7) is 1.15. The van der Waals surface area contributed by atoms with E-state index in [4.69, 9.17) is 18.7 Å². The van der Waals surface area contributed by atoms with Gasteiger partial charge in [0.05, 0.1) is 0 Å². The van der Waals surface area contributed by atoms with Crippen molar-refractivity contribution in [3.05, 3.63) is 66.9 Å². The van der Waals surface area contributed by atoms with E-state index in [9.17, 15) is 4.79 Å². The van der Waals surface area contributed by atoms with E-state index >= 15 is 0 Å². The number of carbonyl (C=O) groups is 1. The largest absolute Gasteiger partial charge is 0.484 e. The molecule has 1 N–H and O–H groups in total. The topological polar surface area (TPSA) is 101 Å². The van der Waals surface area contributed by atoms with Crippen LogP contribution in [0, 0.1) is 0 Å². The molecule has 2 aromatic carbocycles. The van der Waals surface area contributed by atoms with Crippen molar-refractivity contribution in [1.29, 1.82) is 0 Å². The summed E-state index contributed by atoms with van der Waals surface area (Å²) in [5.41, 5.74) is 1.53. The second kappa shape index (κ2) is 8.84. The molecule has 0 unspecified atom stereocenters. The van der Waals surface area contributed by atoms with E-state index in [1.165, 1.54) is 0 Å². The molecule has 0 spiro atoms. The van der Waals surface area contributed by atoms with Gasteiger partial charge in [0.25, 0.3) is 11.8 Å². The Morgan fingerprint density at radius 3 is 2.84 bits per heavy atom. The van der Waals surface area contributed by atoms with Gasteiger partial charge in [-0.2, -0.15) is 4.98 Å². The van der Waals surface area contributed by atoms with E-state index in [1.807, 2.05) is 71.4 Å². The Bertz CT molecular complexity index is 1220. The minimum Gasteiger partial charge on any atom is -0.484 e. The molecular formula is C23H20N4O5. The Balaban J connectivity index is 1.18. The third-order valence-corrected chi connectivity index (χ3v) is 4.89. The van der Waals surface area contributed by atoms with Crippen molar-refractivity contribution in [2.75, 3.05) is 19.9 Å². The number of hydrogen-bond acceptors (Lipinski definition) is 7. The minimum absolute atomic E-state index is 0.0366. The fourth-order valence-corrected chi connectivity index (χ4v) is 3.32. The van der Waals surface area contributed by atoms with Crippen LogP contribution in [0.25, 0.3) is 23.0 Å². The van der Waals surface area contributed by atoms with Gasteiger partial charge in [-0.15, -0.1) is 0 Å². The van der Waals surface area contributed by atoms with Gasteiger partial charge in [0.2, 0.25) is 12.6 Å². The standard InChI is InChI=1S/C23H20N4O5/c28-21(14-29-17-5-2-1-3-6-17)24-10-12-27-11-4-7-18(27)23-25-22(26-32-23)16-8-9-19-20(13-16)31-15-30-19/h1-9,11,13H,10,12,14-15H2,(H,24,28). The quantitative estimate of drug-likeness (QED) is 0.457. The Labute approximate surface area is 183 Å². The maximum atomic E-state index is 12.0. The normalized spacial score (nSPS) is 12.0. The van der Waals surface area contributed by atoms with Gasteiger partial charge in [-0.25, -0.2) is 0 Å². The Morgan fingerprint density at radius 2 is 1.94 bits per heavy atom. The maximum Gasteiger partial charge on any atom is 0.274 e. The van der Waals surface area contributed by atoms with Crippen LogP contribution in [0.15, 0.2) is 71.4 Å². The lowest BCUT2D eigenvalue weighted by atomic mass is 10.2. The van der Waals surface area contributed by atoms with Crippen molar-refractivity contribution in [3.63, 3.8) is 0 Å². The van der Waals surface area contributed by atoms with Crippen LogP contribution >= 0.6 is 0 Å². The van der Waals surface area contributed by atoms with E-state index in [0.717, 1.165) is 11.3 Å². The minimum atomic E-state index is -0.189. The van der Waals surface area contributed by atoms with Crippen LogP contribution in [-0.2, 0) is 11.3 Å². The first-order valence-electron chi connectivity index (χ1n) is 10.1. The van der Waals surface area contributed by atoms with Gasteiger partial charge in [0.1, 0.15) is 11.4 Å². The summed E-state index contributed by atoms with van der Waals surface area (Å²) in [5, 5.41) is 6.94. The number of ether oxygens (including phenoxy) is 3. The molecule has 9 nitrogen and oxygen atoms in total. The number of benzene rings is 2. The van der Waals surface area contributed by atoms with E-state index in [-0.39, 0.29) is 19.3 Å². The van der Waals surface area contributed by atoms with E-state index in [2.05, 4.69) is 15.5 Å². The Hall–Kier alpha value is -4.27. The van der Waals surface area contributed by atoms with Gasteiger partial charge in [0.15, 0.2) is 18.1 Å². The lowest BCUT2D eigenvalue weighted by Crippen LogP contribution is -2.31. The molecule has 162 valence electrons. The summed E-state index contributed by atoms with van der Waals surface area (Å²) >= 11 is 0. The molecule has 0 radical (unpaired) electrons. The lowest BCUT2D eigenvalue weighted by Gasteiger charge is -2.09. The highest BCUT2D eigenvalue weighted by Crippen LogP contribution is 2.35. The molecule has 0 atom stereocenters. The molecule has 0 saturated carbocycles. The van der Waals surface area contributed by atoms with Crippen LogP contribution in [0.3, 0.4) is 0 Å². The summed E-state index contributed by atoms with van der Waals surface area (Å²) < 4.78 is 23.6. The molecule has 32 heavy (non-hydrogen) atoms. The molecule has 2 aromatic heterocycles. The van der Waals surface area contributed by atoms with Gasteiger partial charge in [-0.1, -0.05) is 23.4 Å². The first-order chi connectivity index (χ1) is 15.8. The van der Waals surface area contributed by atoms with Gasteiger partial charge in [-0.3, -0.25) is 4.79 Å². The van der Waals surface area contributed by atoms with E-state index in [0.29, 0.717) is 42.1 Å². The average molecular weight is 432 g/mol. The molecule has 3 heterocycles. The number of nitrogens with zero attached hydrogens (tertiary/aromatic N) is 3. The predicted octanol–water partition coefficient (Wildman–Crippen LogP) is 3.13. The van der Waals surface area contributed by atoms with Gasteiger partial charge >= 0.3 is 0 Å².